The van der Waals surface area contributed by atoms with Crippen LogP contribution < -0.4 is 10.5 Å². The molecule has 1 saturated heterocycles. The molecule has 0 radical (unpaired) electrons. The van der Waals surface area contributed by atoms with Crippen molar-refractivity contribution >= 4 is 11.7 Å². The van der Waals surface area contributed by atoms with Crippen molar-refractivity contribution in [2.24, 2.45) is 0 Å². The minimum absolute atomic E-state index is 0.00176. The van der Waals surface area contributed by atoms with E-state index in [1.165, 1.54) is 7.11 Å². The van der Waals surface area contributed by atoms with Gasteiger partial charge in [-0.2, -0.15) is 0 Å². The van der Waals surface area contributed by atoms with E-state index >= 15 is 0 Å². The highest BCUT2D eigenvalue weighted by Crippen LogP contribution is 2.21. The third kappa shape index (κ3) is 3.61. The highest BCUT2D eigenvalue weighted by atomic mass is 16.6. The number of rotatable bonds is 4. The van der Waals surface area contributed by atoms with Crippen LogP contribution >= 0.6 is 0 Å². The predicted octanol–water partition coefficient (Wildman–Crippen LogP) is 2.00. The third-order valence-corrected chi connectivity index (χ3v) is 3.12. The molecule has 1 aromatic rings. The van der Waals surface area contributed by atoms with E-state index in [9.17, 15) is 4.79 Å². The van der Waals surface area contributed by atoms with Crippen molar-refractivity contribution in [1.29, 1.82) is 0 Å². The van der Waals surface area contributed by atoms with E-state index in [1.807, 2.05) is 6.92 Å². The number of benzene rings is 1. The Labute approximate surface area is 112 Å². The molecule has 0 bridgehead atoms. The Hall–Kier alpha value is -1.75. The van der Waals surface area contributed by atoms with E-state index in [2.05, 4.69) is 0 Å². The Bertz CT molecular complexity index is 461. The molecular weight excluding hydrogens is 246 g/mol. The fourth-order valence-corrected chi connectivity index (χ4v) is 2.12. The van der Waals surface area contributed by atoms with Crippen LogP contribution in [0.5, 0.6) is 5.75 Å². The molecule has 0 amide bonds. The predicted molar refractivity (Wildman–Crippen MR) is 71.3 cm³/mol. The Kier molecular flexibility index (Phi) is 4.27. The van der Waals surface area contributed by atoms with E-state index in [0.717, 1.165) is 12.8 Å². The Morgan fingerprint density at radius 1 is 1.42 bits per heavy atom. The molecule has 2 rings (SSSR count). The molecule has 1 fully saturated rings. The van der Waals surface area contributed by atoms with Crippen LogP contribution in [0.25, 0.3) is 0 Å². The zero-order chi connectivity index (χ0) is 13.8. The van der Waals surface area contributed by atoms with Gasteiger partial charge in [0.1, 0.15) is 12.4 Å². The largest absolute Gasteiger partial charge is 0.497 e. The highest BCUT2D eigenvalue weighted by molar-refractivity contribution is 5.91. The molecule has 2 unspecified atom stereocenters. The molecule has 0 aliphatic carbocycles. The van der Waals surface area contributed by atoms with Crippen molar-refractivity contribution < 1.29 is 19.0 Å². The van der Waals surface area contributed by atoms with Gasteiger partial charge in [0.15, 0.2) is 0 Å². The van der Waals surface area contributed by atoms with Gasteiger partial charge in [-0.15, -0.1) is 0 Å². The number of anilines is 1. The number of esters is 1. The van der Waals surface area contributed by atoms with Crippen LogP contribution in [0.3, 0.4) is 0 Å². The summed E-state index contributed by atoms with van der Waals surface area (Å²) in [7, 11) is 1.53. The van der Waals surface area contributed by atoms with Gasteiger partial charge in [0.2, 0.25) is 0 Å². The molecule has 1 heterocycles. The maximum Gasteiger partial charge on any atom is 0.338 e. The normalized spacial score (nSPS) is 22.2. The second-order valence-electron chi connectivity index (χ2n) is 4.74. The Morgan fingerprint density at radius 3 is 2.84 bits per heavy atom. The molecule has 0 saturated carbocycles. The summed E-state index contributed by atoms with van der Waals surface area (Å²) in [5.41, 5.74) is 6.56. The molecule has 1 aliphatic heterocycles. The molecule has 2 atom stereocenters. The molecule has 0 spiro atoms. The first-order chi connectivity index (χ1) is 9.08. The van der Waals surface area contributed by atoms with Crippen molar-refractivity contribution in [3.8, 4) is 5.75 Å². The Balaban J connectivity index is 1.94. The van der Waals surface area contributed by atoms with E-state index in [1.54, 1.807) is 18.2 Å². The topological polar surface area (TPSA) is 70.8 Å². The van der Waals surface area contributed by atoms with Gasteiger partial charge in [-0.1, -0.05) is 0 Å². The third-order valence-electron chi connectivity index (χ3n) is 3.12. The van der Waals surface area contributed by atoms with Crippen molar-refractivity contribution in [3.05, 3.63) is 23.8 Å². The van der Waals surface area contributed by atoms with Crippen LogP contribution in [-0.4, -0.2) is 31.9 Å². The standard InChI is InChI=1S/C14H19NO4/c1-9-3-4-12(19-9)8-18-14(16)10-5-11(15)7-13(6-10)17-2/h5-7,9,12H,3-4,8,15H2,1-2H3. The summed E-state index contributed by atoms with van der Waals surface area (Å²) in [5, 5.41) is 0. The monoisotopic (exact) mass is 265 g/mol. The van der Waals surface area contributed by atoms with E-state index in [4.69, 9.17) is 19.9 Å². The fourth-order valence-electron chi connectivity index (χ4n) is 2.12. The second kappa shape index (κ2) is 5.93. The van der Waals surface area contributed by atoms with Gasteiger partial charge in [0.25, 0.3) is 0 Å². The summed E-state index contributed by atoms with van der Waals surface area (Å²) in [6.45, 7) is 2.30. The first kappa shape index (κ1) is 13.7. The van der Waals surface area contributed by atoms with Gasteiger partial charge < -0.3 is 19.9 Å². The molecule has 5 heteroatoms. The number of carbonyl (C=O) groups excluding carboxylic acids is 1. The number of carbonyl (C=O) groups is 1. The van der Waals surface area contributed by atoms with Gasteiger partial charge in [-0.05, 0) is 31.9 Å². The molecule has 0 aromatic heterocycles. The highest BCUT2D eigenvalue weighted by Gasteiger charge is 2.23. The average Bonchev–Trinajstić information content (AvgIpc) is 2.81. The molecule has 1 aromatic carbocycles. The average molecular weight is 265 g/mol. The second-order valence-corrected chi connectivity index (χ2v) is 4.74. The number of hydrogen-bond acceptors (Lipinski definition) is 5. The number of nitrogen functional groups attached to an aromatic ring is 1. The van der Waals surface area contributed by atoms with Crippen molar-refractivity contribution in [2.45, 2.75) is 32.0 Å². The van der Waals surface area contributed by atoms with Crippen LogP contribution in [0.4, 0.5) is 5.69 Å². The minimum atomic E-state index is -0.409. The van der Waals surface area contributed by atoms with Gasteiger partial charge in [0.05, 0.1) is 24.9 Å². The maximum absolute atomic E-state index is 11.9. The van der Waals surface area contributed by atoms with Crippen LogP contribution in [-0.2, 0) is 9.47 Å². The van der Waals surface area contributed by atoms with Gasteiger partial charge in [-0.3, -0.25) is 0 Å². The lowest BCUT2D eigenvalue weighted by Gasteiger charge is -2.12. The lowest BCUT2D eigenvalue weighted by atomic mass is 10.2. The van der Waals surface area contributed by atoms with Crippen molar-refractivity contribution in [3.63, 3.8) is 0 Å². The lowest BCUT2D eigenvalue weighted by molar-refractivity contribution is -0.00266. The van der Waals surface area contributed by atoms with E-state index in [-0.39, 0.29) is 18.8 Å². The minimum Gasteiger partial charge on any atom is -0.497 e. The van der Waals surface area contributed by atoms with Crippen LogP contribution in [0, 0.1) is 0 Å². The Morgan fingerprint density at radius 2 is 2.21 bits per heavy atom. The smallest absolute Gasteiger partial charge is 0.338 e. The summed E-state index contributed by atoms with van der Waals surface area (Å²) in [5.74, 6) is 0.131. The first-order valence-corrected chi connectivity index (χ1v) is 6.35. The number of ether oxygens (including phenoxy) is 3. The summed E-state index contributed by atoms with van der Waals surface area (Å²) >= 11 is 0. The number of nitrogens with two attached hydrogens (primary N) is 1. The summed E-state index contributed by atoms with van der Waals surface area (Å²) in [4.78, 5) is 11.9. The van der Waals surface area contributed by atoms with Gasteiger partial charge >= 0.3 is 5.97 Å². The first-order valence-electron chi connectivity index (χ1n) is 6.35. The quantitative estimate of drug-likeness (QED) is 0.666. The van der Waals surface area contributed by atoms with Crippen LogP contribution in [0.15, 0.2) is 18.2 Å². The maximum atomic E-state index is 11.9. The van der Waals surface area contributed by atoms with Crippen molar-refractivity contribution in [1.82, 2.24) is 0 Å². The van der Waals surface area contributed by atoms with E-state index < -0.39 is 5.97 Å². The lowest BCUT2D eigenvalue weighted by Crippen LogP contribution is -2.19. The van der Waals surface area contributed by atoms with Gasteiger partial charge in [-0.25, -0.2) is 4.79 Å². The summed E-state index contributed by atoms with van der Waals surface area (Å²) in [6, 6.07) is 4.83. The molecule has 5 nitrogen and oxygen atoms in total. The molecule has 1 aliphatic rings. The molecule has 104 valence electrons. The molecule has 2 N–H and O–H groups in total. The van der Waals surface area contributed by atoms with Crippen LogP contribution in [0.1, 0.15) is 30.1 Å². The zero-order valence-corrected chi connectivity index (χ0v) is 11.2. The summed E-state index contributed by atoms with van der Waals surface area (Å²) in [6.07, 6.45) is 2.18. The van der Waals surface area contributed by atoms with Crippen LogP contribution in [0.2, 0.25) is 0 Å². The molecule has 19 heavy (non-hydrogen) atoms. The number of hydrogen-bond donors (Lipinski definition) is 1. The SMILES string of the molecule is COc1cc(N)cc(C(=O)OCC2CCC(C)O2)c1. The molecular formula is C14H19NO4. The fraction of sp³-hybridized carbons (Fsp3) is 0.500. The van der Waals surface area contributed by atoms with Crippen molar-refractivity contribution in [2.75, 3.05) is 19.5 Å². The van der Waals surface area contributed by atoms with E-state index in [0.29, 0.717) is 17.0 Å². The van der Waals surface area contributed by atoms with Gasteiger partial charge in [0, 0.05) is 11.8 Å². The zero-order valence-electron chi connectivity index (χ0n) is 11.2. The summed E-state index contributed by atoms with van der Waals surface area (Å²) < 4.78 is 15.9. The number of methoxy groups -OCH3 is 1.